The number of thiophene rings is 1. The first-order valence-corrected chi connectivity index (χ1v) is 7.09. The molecule has 1 saturated heterocycles. The van der Waals surface area contributed by atoms with Crippen LogP contribution >= 0.6 is 11.3 Å². The van der Waals surface area contributed by atoms with E-state index in [4.69, 9.17) is 5.73 Å². The summed E-state index contributed by atoms with van der Waals surface area (Å²) in [5.74, 6) is -0.505. The van der Waals surface area contributed by atoms with E-state index in [1.54, 1.807) is 16.2 Å². The highest BCUT2D eigenvalue weighted by Crippen LogP contribution is 2.25. The molecule has 0 aromatic carbocycles. The van der Waals surface area contributed by atoms with Crippen LogP contribution in [0.25, 0.3) is 0 Å². The van der Waals surface area contributed by atoms with Gasteiger partial charge in [0.05, 0.1) is 11.8 Å². The SMILES string of the molecule is C[C@H](C(=O)N1CCC[C@H](C(N)=O)C1)c1cccs1. The number of piperidine rings is 1. The minimum atomic E-state index is -0.295. The number of carbonyl (C=O) groups excluding carboxylic acids is 2. The van der Waals surface area contributed by atoms with Crippen molar-refractivity contribution in [1.82, 2.24) is 4.90 Å². The molecule has 2 atom stereocenters. The van der Waals surface area contributed by atoms with Gasteiger partial charge in [-0.15, -0.1) is 11.3 Å². The maximum absolute atomic E-state index is 12.3. The van der Waals surface area contributed by atoms with Crippen LogP contribution in [0.4, 0.5) is 0 Å². The van der Waals surface area contributed by atoms with E-state index < -0.39 is 0 Å². The number of primary amides is 1. The summed E-state index contributed by atoms with van der Waals surface area (Å²) >= 11 is 1.59. The fourth-order valence-corrected chi connectivity index (χ4v) is 3.12. The number of carbonyl (C=O) groups is 2. The summed E-state index contributed by atoms with van der Waals surface area (Å²) in [6.45, 7) is 3.13. The molecule has 4 nitrogen and oxygen atoms in total. The molecule has 1 aliphatic rings. The molecule has 1 fully saturated rings. The smallest absolute Gasteiger partial charge is 0.230 e. The van der Waals surface area contributed by atoms with Gasteiger partial charge in [-0.1, -0.05) is 6.07 Å². The van der Waals surface area contributed by atoms with Crippen molar-refractivity contribution in [2.75, 3.05) is 13.1 Å². The quantitative estimate of drug-likeness (QED) is 0.902. The second kappa shape index (κ2) is 5.52. The minimum absolute atomic E-state index is 0.100. The molecule has 0 unspecified atom stereocenters. The maximum Gasteiger partial charge on any atom is 0.230 e. The van der Waals surface area contributed by atoms with Gasteiger partial charge in [0.1, 0.15) is 0 Å². The molecule has 2 rings (SSSR count). The lowest BCUT2D eigenvalue weighted by Gasteiger charge is -2.32. The Morgan fingerprint density at radius 3 is 2.94 bits per heavy atom. The van der Waals surface area contributed by atoms with Crippen LogP contribution in [0.5, 0.6) is 0 Å². The largest absolute Gasteiger partial charge is 0.369 e. The first-order valence-electron chi connectivity index (χ1n) is 6.21. The van der Waals surface area contributed by atoms with Gasteiger partial charge >= 0.3 is 0 Å². The summed E-state index contributed by atoms with van der Waals surface area (Å²) in [4.78, 5) is 26.4. The Morgan fingerprint density at radius 2 is 2.33 bits per heavy atom. The zero-order chi connectivity index (χ0) is 13.1. The minimum Gasteiger partial charge on any atom is -0.369 e. The van der Waals surface area contributed by atoms with E-state index >= 15 is 0 Å². The highest BCUT2D eigenvalue weighted by Gasteiger charge is 2.29. The summed E-state index contributed by atoms with van der Waals surface area (Å²) in [6.07, 6.45) is 1.66. The third kappa shape index (κ3) is 2.72. The van der Waals surface area contributed by atoms with Crippen molar-refractivity contribution in [3.63, 3.8) is 0 Å². The first kappa shape index (κ1) is 13.1. The van der Waals surface area contributed by atoms with Gasteiger partial charge in [-0.05, 0) is 31.2 Å². The van der Waals surface area contributed by atoms with Crippen molar-refractivity contribution in [3.8, 4) is 0 Å². The van der Waals surface area contributed by atoms with Crippen LogP contribution in [-0.4, -0.2) is 29.8 Å². The number of rotatable bonds is 3. The summed E-state index contributed by atoms with van der Waals surface area (Å²) in [5, 5.41) is 1.97. The molecule has 2 heterocycles. The van der Waals surface area contributed by atoms with Gasteiger partial charge in [-0.2, -0.15) is 0 Å². The van der Waals surface area contributed by atoms with E-state index in [1.165, 1.54) is 0 Å². The van der Waals surface area contributed by atoms with Gasteiger partial charge in [-0.3, -0.25) is 9.59 Å². The van der Waals surface area contributed by atoms with Gasteiger partial charge in [-0.25, -0.2) is 0 Å². The Labute approximate surface area is 111 Å². The number of nitrogens with zero attached hydrogens (tertiary/aromatic N) is 1. The Kier molecular flexibility index (Phi) is 4.01. The molecular weight excluding hydrogens is 248 g/mol. The molecule has 0 bridgehead atoms. The second-order valence-corrected chi connectivity index (χ2v) is 5.74. The molecular formula is C13H18N2O2S. The monoisotopic (exact) mass is 266 g/mol. The van der Waals surface area contributed by atoms with Crippen LogP contribution in [0, 0.1) is 5.92 Å². The van der Waals surface area contributed by atoms with Gasteiger partial charge < -0.3 is 10.6 Å². The van der Waals surface area contributed by atoms with E-state index in [-0.39, 0.29) is 23.7 Å². The van der Waals surface area contributed by atoms with E-state index in [0.29, 0.717) is 6.54 Å². The van der Waals surface area contributed by atoms with Crippen molar-refractivity contribution >= 4 is 23.2 Å². The fourth-order valence-electron chi connectivity index (χ4n) is 2.34. The van der Waals surface area contributed by atoms with Crippen molar-refractivity contribution < 1.29 is 9.59 Å². The lowest BCUT2D eigenvalue weighted by atomic mass is 9.96. The number of hydrogen-bond acceptors (Lipinski definition) is 3. The van der Waals surface area contributed by atoms with Crippen LogP contribution in [-0.2, 0) is 9.59 Å². The molecule has 1 aromatic rings. The molecule has 2 amide bonds. The highest BCUT2D eigenvalue weighted by molar-refractivity contribution is 7.10. The van der Waals surface area contributed by atoms with Crippen LogP contribution in [0.2, 0.25) is 0 Å². The molecule has 5 heteroatoms. The van der Waals surface area contributed by atoms with Gasteiger partial charge in [0.15, 0.2) is 0 Å². The number of likely N-dealkylation sites (tertiary alicyclic amines) is 1. The van der Waals surface area contributed by atoms with Crippen LogP contribution in [0.1, 0.15) is 30.6 Å². The summed E-state index contributed by atoms with van der Waals surface area (Å²) in [6, 6.07) is 3.93. The van der Waals surface area contributed by atoms with E-state index in [0.717, 1.165) is 24.3 Å². The zero-order valence-corrected chi connectivity index (χ0v) is 11.3. The molecule has 0 radical (unpaired) electrons. The lowest BCUT2D eigenvalue weighted by Crippen LogP contribution is -2.45. The van der Waals surface area contributed by atoms with Crippen molar-refractivity contribution in [1.29, 1.82) is 0 Å². The molecule has 0 spiro atoms. The average molecular weight is 266 g/mol. The highest BCUT2D eigenvalue weighted by atomic mass is 32.1. The predicted octanol–water partition coefficient (Wildman–Crippen LogP) is 1.58. The summed E-state index contributed by atoms with van der Waals surface area (Å²) in [7, 11) is 0. The van der Waals surface area contributed by atoms with Crippen molar-refractivity contribution in [2.24, 2.45) is 11.7 Å². The molecule has 0 aliphatic carbocycles. The Hall–Kier alpha value is -1.36. The lowest BCUT2D eigenvalue weighted by molar-refractivity contribution is -0.135. The van der Waals surface area contributed by atoms with E-state index in [9.17, 15) is 9.59 Å². The maximum atomic E-state index is 12.3. The zero-order valence-electron chi connectivity index (χ0n) is 10.5. The second-order valence-electron chi connectivity index (χ2n) is 4.76. The summed E-state index contributed by atoms with van der Waals surface area (Å²) < 4.78 is 0. The topological polar surface area (TPSA) is 63.4 Å². The van der Waals surface area contributed by atoms with Crippen LogP contribution in [0.3, 0.4) is 0 Å². The third-order valence-corrected chi connectivity index (χ3v) is 4.53. The Bertz CT molecular complexity index is 430. The molecule has 1 aromatic heterocycles. The first-order chi connectivity index (χ1) is 8.59. The van der Waals surface area contributed by atoms with E-state index in [1.807, 2.05) is 24.4 Å². The number of nitrogens with two attached hydrogens (primary N) is 1. The summed E-state index contributed by atoms with van der Waals surface area (Å²) in [5.41, 5.74) is 5.33. The molecule has 2 N–H and O–H groups in total. The standard InChI is InChI=1S/C13H18N2O2S/c1-9(11-5-3-7-18-11)13(17)15-6-2-4-10(8-15)12(14)16/h3,5,7,9-10H,2,4,6,8H2,1H3,(H2,14,16)/t9-,10-/m0/s1. The molecule has 1 aliphatic heterocycles. The molecule has 18 heavy (non-hydrogen) atoms. The Morgan fingerprint density at radius 1 is 1.56 bits per heavy atom. The average Bonchev–Trinajstić information content (AvgIpc) is 2.91. The fraction of sp³-hybridized carbons (Fsp3) is 0.538. The van der Waals surface area contributed by atoms with E-state index in [2.05, 4.69) is 0 Å². The van der Waals surface area contributed by atoms with Crippen LogP contribution < -0.4 is 5.73 Å². The van der Waals surface area contributed by atoms with Gasteiger partial charge in [0.25, 0.3) is 0 Å². The van der Waals surface area contributed by atoms with Crippen LogP contribution in [0.15, 0.2) is 17.5 Å². The Balaban J connectivity index is 2.02. The number of hydrogen-bond donors (Lipinski definition) is 1. The van der Waals surface area contributed by atoms with Crippen molar-refractivity contribution in [2.45, 2.75) is 25.7 Å². The number of amides is 2. The van der Waals surface area contributed by atoms with Crippen molar-refractivity contribution in [3.05, 3.63) is 22.4 Å². The predicted molar refractivity (Wildman–Crippen MR) is 71.2 cm³/mol. The van der Waals surface area contributed by atoms with Gasteiger partial charge in [0, 0.05) is 18.0 Å². The van der Waals surface area contributed by atoms with Gasteiger partial charge in [0.2, 0.25) is 11.8 Å². The third-order valence-electron chi connectivity index (χ3n) is 3.48. The molecule has 98 valence electrons. The molecule has 0 saturated carbocycles. The normalized spacial score (nSPS) is 21.6.